The average Bonchev–Trinajstić information content (AvgIpc) is 3.28. The Bertz CT molecular complexity index is 1170. The number of anilines is 1. The van der Waals surface area contributed by atoms with Crippen molar-refractivity contribution in [3.63, 3.8) is 0 Å². The number of hydrogen-bond donors (Lipinski definition) is 0. The smallest absolute Gasteiger partial charge is 0.298 e. The van der Waals surface area contributed by atoms with E-state index < -0.39 is 21.9 Å². The summed E-state index contributed by atoms with van der Waals surface area (Å²) in [6.45, 7) is 0. The highest BCUT2D eigenvalue weighted by Crippen LogP contribution is 2.36. The van der Waals surface area contributed by atoms with Crippen LogP contribution in [0.1, 0.15) is 5.76 Å². The second-order valence-corrected chi connectivity index (χ2v) is 7.00. The van der Waals surface area contributed by atoms with E-state index in [1.165, 1.54) is 42.5 Å². The highest BCUT2D eigenvalue weighted by Gasteiger charge is 2.36. The molecule has 1 saturated heterocycles. The number of nitro groups is 1. The van der Waals surface area contributed by atoms with Crippen LogP contribution in [0.4, 0.5) is 20.6 Å². The lowest BCUT2D eigenvalue weighted by Crippen LogP contribution is -2.27. The number of halogens is 1. The van der Waals surface area contributed by atoms with Gasteiger partial charge in [0.15, 0.2) is 0 Å². The van der Waals surface area contributed by atoms with Gasteiger partial charge in [-0.25, -0.2) is 9.29 Å². The maximum atomic E-state index is 13.1. The summed E-state index contributed by atoms with van der Waals surface area (Å²) < 4.78 is 18.8. The zero-order valence-electron chi connectivity index (χ0n) is 14.6. The van der Waals surface area contributed by atoms with Crippen LogP contribution >= 0.6 is 11.8 Å². The third kappa shape index (κ3) is 3.67. The minimum absolute atomic E-state index is 0.0686. The molecule has 1 aliphatic heterocycles. The molecule has 0 unspecified atom stereocenters. The number of furan rings is 1. The molecule has 3 aromatic rings. The molecule has 144 valence electrons. The molecule has 29 heavy (non-hydrogen) atoms. The van der Waals surface area contributed by atoms with Crippen molar-refractivity contribution in [2.75, 3.05) is 4.90 Å². The lowest BCUT2D eigenvalue weighted by atomic mass is 10.1. The van der Waals surface area contributed by atoms with Gasteiger partial charge in [0.1, 0.15) is 17.3 Å². The summed E-state index contributed by atoms with van der Waals surface area (Å²) in [7, 11) is 0. The highest BCUT2D eigenvalue weighted by molar-refractivity contribution is 8.19. The fraction of sp³-hybridized carbons (Fsp3) is 0. The number of imide groups is 1. The minimum Gasteiger partial charge on any atom is -0.457 e. The Kier molecular flexibility index (Phi) is 4.73. The van der Waals surface area contributed by atoms with E-state index in [1.807, 2.05) is 0 Å². The van der Waals surface area contributed by atoms with Crippen molar-refractivity contribution < 1.29 is 23.3 Å². The van der Waals surface area contributed by atoms with Crippen LogP contribution in [0.25, 0.3) is 17.4 Å². The van der Waals surface area contributed by atoms with Crippen molar-refractivity contribution in [3.05, 3.63) is 87.3 Å². The number of amides is 2. The molecular formula is C20H11FN2O5S. The van der Waals surface area contributed by atoms with Crippen molar-refractivity contribution in [3.8, 4) is 11.3 Å². The molecule has 7 nitrogen and oxygen atoms in total. The van der Waals surface area contributed by atoms with Crippen molar-refractivity contribution in [2.24, 2.45) is 0 Å². The molecule has 1 aliphatic rings. The Morgan fingerprint density at radius 1 is 1.07 bits per heavy atom. The molecule has 1 fully saturated rings. The van der Waals surface area contributed by atoms with E-state index in [9.17, 15) is 24.1 Å². The number of nitrogens with zero attached hydrogens (tertiary/aromatic N) is 2. The van der Waals surface area contributed by atoms with E-state index >= 15 is 0 Å². The predicted molar refractivity (Wildman–Crippen MR) is 106 cm³/mol. The maximum Gasteiger partial charge on any atom is 0.298 e. The molecule has 0 spiro atoms. The predicted octanol–water partition coefficient (Wildman–Crippen LogP) is 5.23. The van der Waals surface area contributed by atoms with Gasteiger partial charge in [0.25, 0.3) is 16.8 Å². The average molecular weight is 410 g/mol. The van der Waals surface area contributed by atoms with Gasteiger partial charge in [-0.3, -0.25) is 19.7 Å². The van der Waals surface area contributed by atoms with Crippen LogP contribution in [0.15, 0.2) is 70.0 Å². The quantitative estimate of drug-likeness (QED) is 0.332. The monoisotopic (exact) mass is 410 g/mol. The molecule has 9 heteroatoms. The topological polar surface area (TPSA) is 93.7 Å². The molecule has 0 atom stereocenters. The van der Waals surface area contributed by atoms with Gasteiger partial charge < -0.3 is 4.42 Å². The molecule has 0 radical (unpaired) electrons. The van der Waals surface area contributed by atoms with E-state index in [4.69, 9.17) is 4.42 Å². The fourth-order valence-electron chi connectivity index (χ4n) is 2.77. The molecule has 0 N–H and O–H groups in total. The largest absolute Gasteiger partial charge is 0.457 e. The molecule has 2 heterocycles. The van der Waals surface area contributed by atoms with Crippen LogP contribution in [0.5, 0.6) is 0 Å². The Morgan fingerprint density at radius 2 is 1.83 bits per heavy atom. The maximum absolute atomic E-state index is 13.1. The molecular weight excluding hydrogens is 399 g/mol. The summed E-state index contributed by atoms with van der Waals surface area (Å²) in [6.07, 6.45) is 1.43. The van der Waals surface area contributed by atoms with Gasteiger partial charge in [0.2, 0.25) is 0 Å². The molecule has 0 saturated carbocycles. The van der Waals surface area contributed by atoms with Crippen LogP contribution in [0.3, 0.4) is 0 Å². The van der Waals surface area contributed by atoms with Crippen LogP contribution in [-0.2, 0) is 4.79 Å². The van der Waals surface area contributed by atoms with Gasteiger partial charge >= 0.3 is 0 Å². The van der Waals surface area contributed by atoms with E-state index in [1.54, 1.807) is 24.3 Å². The first-order valence-corrected chi connectivity index (χ1v) is 9.12. The minimum atomic E-state index is -0.542. The number of non-ortho nitro benzene ring substituents is 1. The van der Waals surface area contributed by atoms with Gasteiger partial charge in [0, 0.05) is 23.8 Å². The second kappa shape index (κ2) is 7.36. The fourth-order valence-corrected chi connectivity index (χ4v) is 3.59. The third-order valence-corrected chi connectivity index (χ3v) is 4.99. The van der Waals surface area contributed by atoms with E-state index in [0.29, 0.717) is 17.1 Å². The zero-order valence-corrected chi connectivity index (χ0v) is 15.4. The van der Waals surface area contributed by atoms with Crippen molar-refractivity contribution in [1.82, 2.24) is 0 Å². The molecule has 1 aromatic heterocycles. The van der Waals surface area contributed by atoms with Gasteiger partial charge in [0.05, 0.1) is 15.5 Å². The van der Waals surface area contributed by atoms with E-state index in [0.717, 1.165) is 16.7 Å². The summed E-state index contributed by atoms with van der Waals surface area (Å²) in [5.41, 5.74) is 0.716. The Balaban J connectivity index is 1.60. The van der Waals surface area contributed by atoms with E-state index in [2.05, 4.69) is 0 Å². The normalized spacial score (nSPS) is 15.3. The number of carbonyl (C=O) groups excluding carboxylic acids is 2. The van der Waals surface area contributed by atoms with Gasteiger partial charge in [-0.15, -0.1) is 0 Å². The number of nitro benzene ring substituents is 1. The Hall–Kier alpha value is -3.72. The molecule has 2 amide bonds. The third-order valence-electron chi connectivity index (χ3n) is 4.12. The second-order valence-electron chi connectivity index (χ2n) is 6.00. The first-order chi connectivity index (χ1) is 13.9. The first kappa shape index (κ1) is 18.6. The van der Waals surface area contributed by atoms with Gasteiger partial charge in [-0.1, -0.05) is 12.1 Å². The molecule has 4 rings (SSSR count). The SMILES string of the molecule is O=C1S/C(=C/c2ccc(-c3cccc([N+](=O)[O-])c3)o2)C(=O)N1c1ccc(F)cc1. The standard InChI is InChI=1S/C20H11FN2O5S/c21-13-4-6-14(7-5-13)22-19(24)18(29-20(22)25)11-16-8-9-17(28-16)12-2-1-3-15(10-12)23(26)27/h1-11H/b18-11+. The summed E-state index contributed by atoms with van der Waals surface area (Å²) in [6, 6.07) is 14.2. The van der Waals surface area contributed by atoms with Gasteiger partial charge in [-0.2, -0.15) is 0 Å². The van der Waals surface area contributed by atoms with E-state index in [-0.39, 0.29) is 16.3 Å². The van der Waals surface area contributed by atoms with Crippen molar-refractivity contribution in [1.29, 1.82) is 0 Å². The first-order valence-electron chi connectivity index (χ1n) is 8.30. The number of benzene rings is 2. The summed E-state index contributed by atoms with van der Waals surface area (Å²) in [5, 5.41) is 10.4. The van der Waals surface area contributed by atoms with Crippen molar-refractivity contribution in [2.45, 2.75) is 0 Å². The number of carbonyl (C=O) groups is 2. The Labute approximate surface area is 167 Å². The Morgan fingerprint density at radius 3 is 2.55 bits per heavy atom. The molecule has 0 aliphatic carbocycles. The lowest BCUT2D eigenvalue weighted by Gasteiger charge is -2.11. The van der Waals surface area contributed by atoms with Crippen LogP contribution < -0.4 is 4.90 Å². The van der Waals surface area contributed by atoms with Crippen LogP contribution in [-0.4, -0.2) is 16.1 Å². The summed E-state index contributed by atoms with van der Waals surface area (Å²) >= 11 is 0.743. The van der Waals surface area contributed by atoms with Crippen LogP contribution in [0, 0.1) is 15.9 Å². The van der Waals surface area contributed by atoms with Gasteiger partial charge in [-0.05, 0) is 48.2 Å². The van der Waals surface area contributed by atoms with Crippen molar-refractivity contribution >= 4 is 40.4 Å². The number of rotatable bonds is 4. The molecule has 2 aromatic carbocycles. The summed E-state index contributed by atoms with van der Waals surface area (Å²) in [5.74, 6) is -0.311. The summed E-state index contributed by atoms with van der Waals surface area (Å²) in [4.78, 5) is 36.4. The number of hydrogen-bond acceptors (Lipinski definition) is 6. The highest BCUT2D eigenvalue weighted by atomic mass is 32.2. The zero-order chi connectivity index (χ0) is 20.5. The van der Waals surface area contributed by atoms with Crippen LogP contribution in [0.2, 0.25) is 0 Å². The molecule has 0 bridgehead atoms. The lowest BCUT2D eigenvalue weighted by molar-refractivity contribution is -0.384. The number of thioether (sulfide) groups is 1.